The van der Waals surface area contributed by atoms with Gasteiger partial charge in [-0.2, -0.15) is 0 Å². The van der Waals surface area contributed by atoms with Crippen LogP contribution in [0.1, 0.15) is 191 Å². The second-order valence-electron chi connectivity index (χ2n) is 28.8. The molecule has 2 saturated carbocycles. The molecule has 8 aliphatic rings. The first-order valence-electron chi connectivity index (χ1n) is 34.6. The van der Waals surface area contributed by atoms with Crippen molar-refractivity contribution in [3.05, 3.63) is 81.9 Å². The van der Waals surface area contributed by atoms with E-state index in [1.807, 2.05) is 51.2 Å². The van der Waals surface area contributed by atoms with Gasteiger partial charge in [-0.25, -0.2) is 9.59 Å². The Morgan fingerprint density at radius 3 is 2.26 bits per heavy atom. The van der Waals surface area contributed by atoms with Gasteiger partial charge in [-0.15, -0.1) is 0 Å². The lowest BCUT2D eigenvalue weighted by atomic mass is 9.59. The van der Waals surface area contributed by atoms with Gasteiger partial charge in [0.2, 0.25) is 11.6 Å². The number of amides is 1. The first-order valence-corrected chi connectivity index (χ1v) is 34.6. The molecule has 532 valence electrons. The highest BCUT2D eigenvalue weighted by Crippen LogP contribution is 2.59. The molecule has 97 heavy (non-hydrogen) atoms. The van der Waals surface area contributed by atoms with Crippen molar-refractivity contribution in [2.24, 2.45) is 46.8 Å². The quantitative estimate of drug-likeness (QED) is 0.0651. The molecule has 4 aliphatic carbocycles. The van der Waals surface area contributed by atoms with Gasteiger partial charge in [0, 0.05) is 101 Å². The van der Waals surface area contributed by atoms with Crippen molar-refractivity contribution < 1.29 is 105 Å². The average molecular weight is 1350 g/mol. The molecular formula is C74H99NO22. The molecule has 23 heteroatoms. The number of carbonyl (C=O) groups excluding carboxylic acids is 10. The number of ketones is 5. The Bertz CT molecular complexity index is 3330. The van der Waals surface area contributed by atoms with E-state index in [-0.39, 0.29) is 90.9 Å². The van der Waals surface area contributed by atoms with E-state index >= 15 is 0 Å². The molecule has 0 radical (unpaired) electrons. The van der Waals surface area contributed by atoms with Crippen LogP contribution in [-0.4, -0.2) is 182 Å². The van der Waals surface area contributed by atoms with E-state index in [1.54, 1.807) is 41.7 Å². The van der Waals surface area contributed by atoms with E-state index in [9.17, 15) is 58.2 Å². The SMILES string of the molecule is COC[C@H]1OC(=O)c2coc3c2C1C1=C(C3=O)[C@@H]2CCC(=O)[C@@]2(C)C[C@H]1OC(=O)CC(=O)O[C@@H]1/C(C)=C/[C@@H](C)C(=O)C[C@@H]([C@H](C)C[C@@H]2CC[C@@H](O)[C@H](OC)C2)OC(=O)[C@@H]2CCCCN2C(=O)C(=O)[C@]2(O)O[C@@H](CC[C@H]2C)C[C@H](OC)/C(C)=C/C=C/C=C/[C@@H](C)C[C@@H](C)C(=O)[C@@H]1OC. The van der Waals surface area contributed by atoms with Crippen LogP contribution in [0.2, 0.25) is 0 Å². The first kappa shape index (κ1) is 74.6. The zero-order valence-electron chi connectivity index (χ0n) is 58.2. The van der Waals surface area contributed by atoms with Crippen molar-refractivity contribution in [2.45, 2.75) is 231 Å². The van der Waals surface area contributed by atoms with E-state index < -0.39 is 167 Å². The average Bonchev–Trinajstić information content (AvgIpc) is 1.63. The van der Waals surface area contributed by atoms with Crippen LogP contribution in [-0.2, 0) is 81.0 Å². The number of carbonyl (C=O) groups is 10. The third kappa shape index (κ3) is 15.9. The molecule has 5 heterocycles. The molecule has 2 bridgehead atoms. The predicted molar refractivity (Wildman–Crippen MR) is 348 cm³/mol. The molecule has 2 N–H and O–H groups in total. The minimum absolute atomic E-state index is 0.00330. The summed E-state index contributed by atoms with van der Waals surface area (Å²) in [7, 11) is 5.77. The summed E-state index contributed by atoms with van der Waals surface area (Å²) in [6.07, 6.45) is 6.79. The minimum atomic E-state index is -2.51. The number of hydrogen-bond acceptors (Lipinski definition) is 22. The fourth-order valence-corrected chi connectivity index (χ4v) is 16.4. The number of methoxy groups -OCH3 is 4. The first-order chi connectivity index (χ1) is 46.1. The second kappa shape index (κ2) is 31.7. The van der Waals surface area contributed by atoms with Crippen LogP contribution in [0.5, 0.6) is 0 Å². The number of aliphatic hydroxyl groups excluding tert-OH is 1. The third-order valence-corrected chi connectivity index (χ3v) is 22.1. The predicted octanol–water partition coefficient (Wildman–Crippen LogP) is 8.48. The van der Waals surface area contributed by atoms with Crippen molar-refractivity contribution in [1.29, 1.82) is 0 Å². The van der Waals surface area contributed by atoms with Crippen LogP contribution in [0.15, 0.2) is 69.4 Å². The summed E-state index contributed by atoms with van der Waals surface area (Å²) < 4.78 is 59.6. The molecule has 9 rings (SSSR count). The van der Waals surface area contributed by atoms with E-state index in [2.05, 4.69) is 0 Å². The van der Waals surface area contributed by atoms with Gasteiger partial charge in [0.1, 0.15) is 54.2 Å². The molecule has 1 unspecified atom stereocenters. The highest BCUT2D eigenvalue weighted by molar-refractivity contribution is 6.39. The monoisotopic (exact) mass is 1350 g/mol. The van der Waals surface area contributed by atoms with Gasteiger partial charge >= 0.3 is 23.9 Å². The fraction of sp³-hybridized carbons (Fsp3) is 0.676. The molecule has 4 aliphatic heterocycles. The summed E-state index contributed by atoms with van der Waals surface area (Å²) >= 11 is 0. The lowest BCUT2D eigenvalue weighted by Gasteiger charge is -2.47. The number of fused-ring (bicyclic) bond motifs is 6. The van der Waals surface area contributed by atoms with E-state index in [1.165, 1.54) is 27.4 Å². The number of rotatable bonds is 12. The second-order valence-corrected chi connectivity index (χ2v) is 28.8. The molecule has 1 amide bonds. The summed E-state index contributed by atoms with van der Waals surface area (Å²) in [6, 6.07) is -1.26. The molecule has 2 saturated heterocycles. The Kier molecular flexibility index (Phi) is 24.4. The van der Waals surface area contributed by atoms with Gasteiger partial charge in [0.25, 0.3) is 11.7 Å². The van der Waals surface area contributed by atoms with E-state index in [0.29, 0.717) is 69.8 Å². The molecule has 1 aromatic rings. The molecule has 4 fully saturated rings. The Labute approximate surface area is 567 Å². The molecule has 20 atom stereocenters. The Balaban J connectivity index is 1.03. The smallest absolute Gasteiger partial charge is 0.342 e. The number of furan rings is 1. The summed E-state index contributed by atoms with van der Waals surface area (Å²) in [6.45, 7) is 13.8. The topological polar surface area (TPSA) is 311 Å². The number of allylic oxidation sites excluding steroid dienone is 7. The lowest BCUT2D eigenvalue weighted by Crippen LogP contribution is -2.61. The maximum atomic E-state index is 14.9. The Morgan fingerprint density at radius 2 is 1.55 bits per heavy atom. The molecule has 0 spiro atoms. The normalized spacial score (nSPS) is 38.0. The van der Waals surface area contributed by atoms with Crippen LogP contribution < -0.4 is 0 Å². The number of ether oxygens (including phenoxy) is 9. The van der Waals surface area contributed by atoms with Crippen molar-refractivity contribution in [3.63, 3.8) is 0 Å². The number of cyclic esters (lactones) is 2. The maximum absolute atomic E-state index is 14.9. The number of Topliss-reactive ketones (excluding diaryl/α,β-unsaturated/α-hetero) is 5. The zero-order chi connectivity index (χ0) is 70.5. The lowest BCUT2D eigenvalue weighted by molar-refractivity contribution is -0.265. The third-order valence-electron chi connectivity index (χ3n) is 22.1. The number of esters is 4. The van der Waals surface area contributed by atoms with Gasteiger partial charge in [0.05, 0.1) is 36.9 Å². The Morgan fingerprint density at radius 1 is 0.804 bits per heavy atom. The summed E-state index contributed by atoms with van der Waals surface area (Å²) in [4.78, 5) is 146. The van der Waals surface area contributed by atoms with Crippen LogP contribution in [0.3, 0.4) is 0 Å². The van der Waals surface area contributed by atoms with Crippen LogP contribution in [0.25, 0.3) is 0 Å². The highest BCUT2D eigenvalue weighted by Gasteiger charge is 2.61. The van der Waals surface area contributed by atoms with Crippen molar-refractivity contribution in [3.8, 4) is 0 Å². The molecule has 1 aromatic heterocycles. The summed E-state index contributed by atoms with van der Waals surface area (Å²) in [5.41, 5.74) is 0.679. The summed E-state index contributed by atoms with van der Waals surface area (Å²) in [5, 5.41) is 22.9. The number of aliphatic hydroxyl groups is 2. The van der Waals surface area contributed by atoms with E-state index in [4.69, 9.17) is 47.0 Å². The highest BCUT2D eigenvalue weighted by atomic mass is 16.6. The molecule has 0 aromatic carbocycles. The van der Waals surface area contributed by atoms with Crippen molar-refractivity contribution in [1.82, 2.24) is 4.90 Å². The van der Waals surface area contributed by atoms with Gasteiger partial charge in [-0.3, -0.25) is 38.4 Å². The Hall–Kier alpha value is -6.60. The van der Waals surface area contributed by atoms with Crippen LogP contribution in [0, 0.1) is 46.8 Å². The number of nitrogens with zero attached hydrogens (tertiary/aromatic N) is 1. The standard InChI is InChI=1S/C74H99NO22/c1-38-18-14-13-15-19-39(2)52(89-10)32-46-23-21-44(7)74(87,97-46)69(83)70(84)75-27-17-16-20-49(75)72(86)94-53(41(4)30-45-22-25-50(76)54(31-45)90-11)33-51(77)40(3)29-43(6)66(68(91-12)64(81)42(5)28-38)96-59(80)34-58(79)93-55-35-73(8)48(24-26-57(73)78)61-62(55)63-56(37-88-9)95-71(85)47-36-92-67(60(47)63)65(61)82/h13-15,18-19,29,36,38,40-42,44-46,48-50,52-56,63,66,68,76,87H,16-17,20-28,30-35,37H2,1-12H3/b15-13+,18-14+,39-19+,43-29+/t38-,40-,41-,42-,44-,45+,46+,48+,49+,50-,52+,53+,54-,55-,56-,63?,66-,68+,73+,74-/m1/s1. The van der Waals surface area contributed by atoms with Gasteiger partial charge < -0.3 is 62.2 Å². The van der Waals surface area contributed by atoms with E-state index in [0.717, 1.165) is 16.7 Å². The van der Waals surface area contributed by atoms with Crippen molar-refractivity contribution in [2.75, 3.05) is 41.6 Å². The fourth-order valence-electron chi connectivity index (χ4n) is 16.4. The minimum Gasteiger partial charge on any atom is -0.460 e. The zero-order valence-corrected chi connectivity index (χ0v) is 58.2. The van der Waals surface area contributed by atoms with Crippen molar-refractivity contribution >= 4 is 58.7 Å². The molecule has 23 nitrogen and oxygen atoms in total. The number of hydrogen-bond donors (Lipinski definition) is 2. The van der Waals surface area contributed by atoms with Gasteiger partial charge in [0.15, 0.2) is 23.8 Å². The number of piperidine rings is 1. The van der Waals surface area contributed by atoms with Gasteiger partial charge in [-0.1, -0.05) is 78.0 Å². The van der Waals surface area contributed by atoms with Crippen LogP contribution in [0.4, 0.5) is 0 Å². The summed E-state index contributed by atoms with van der Waals surface area (Å²) in [5.74, 6) is -14.9. The van der Waals surface area contributed by atoms with Crippen LogP contribution >= 0.6 is 0 Å². The maximum Gasteiger partial charge on any atom is 0.342 e. The molecular weight excluding hydrogens is 1250 g/mol. The largest absolute Gasteiger partial charge is 0.460 e. The van der Waals surface area contributed by atoms with Gasteiger partial charge in [-0.05, 0) is 119 Å².